The molecule has 0 unspecified atom stereocenters. The van der Waals surface area contributed by atoms with E-state index in [1.807, 2.05) is 13.0 Å². The molecule has 0 saturated carbocycles. The fraction of sp³-hybridized carbons (Fsp3) is 0.300. The molecule has 4 nitrogen and oxygen atoms in total. The van der Waals surface area contributed by atoms with E-state index in [1.165, 1.54) is 18.1 Å². The van der Waals surface area contributed by atoms with Gasteiger partial charge in [0.05, 0.1) is 11.5 Å². The van der Waals surface area contributed by atoms with Crippen molar-refractivity contribution in [1.82, 2.24) is 0 Å². The van der Waals surface area contributed by atoms with E-state index in [0.29, 0.717) is 0 Å². The number of aliphatic imine (C=N–C) groups is 1. The van der Waals surface area contributed by atoms with Gasteiger partial charge in [-0.2, -0.15) is 0 Å². The Bertz CT molecular complexity index is 686. The van der Waals surface area contributed by atoms with Crippen LogP contribution in [-0.4, -0.2) is 11.7 Å². The van der Waals surface area contributed by atoms with Crippen molar-refractivity contribution in [2.45, 2.75) is 40.5 Å². The van der Waals surface area contributed by atoms with Crippen LogP contribution < -0.4 is 11.1 Å². The number of hydrogen-bond acceptors (Lipinski definition) is 2. The van der Waals surface area contributed by atoms with Gasteiger partial charge in [-0.05, 0) is 49.9 Å². The van der Waals surface area contributed by atoms with Gasteiger partial charge in [0.25, 0.3) is 0 Å². The molecular formula is C20H28N4. The van der Waals surface area contributed by atoms with E-state index < -0.39 is 0 Å². The largest absolute Gasteiger partial charge is 0.388 e. The van der Waals surface area contributed by atoms with Crippen molar-refractivity contribution in [3.05, 3.63) is 59.7 Å². The second-order valence-corrected chi connectivity index (χ2v) is 5.50. The second-order valence-electron chi connectivity index (χ2n) is 5.50. The Kier molecular flexibility index (Phi) is 8.26. The number of amidine groups is 2. The molecule has 24 heavy (non-hydrogen) atoms. The summed E-state index contributed by atoms with van der Waals surface area (Å²) in [5.41, 5.74) is 9.47. The quantitative estimate of drug-likeness (QED) is 0.552. The SMILES string of the molecule is CC(=N)N.CCc1ccccc1N=C(C)Nc1ccccc1CC. The van der Waals surface area contributed by atoms with Crippen LogP contribution in [0.2, 0.25) is 0 Å². The number of rotatable bonds is 4. The number of benzene rings is 2. The van der Waals surface area contributed by atoms with E-state index in [4.69, 9.17) is 16.1 Å². The smallest absolute Gasteiger partial charge is 0.103 e. The summed E-state index contributed by atoms with van der Waals surface area (Å²) in [5.74, 6) is 1.09. The number of para-hydroxylation sites is 2. The van der Waals surface area contributed by atoms with Crippen molar-refractivity contribution < 1.29 is 0 Å². The van der Waals surface area contributed by atoms with Gasteiger partial charge < -0.3 is 11.1 Å². The first kappa shape index (κ1) is 19.4. The summed E-state index contributed by atoms with van der Waals surface area (Å²) < 4.78 is 0. The van der Waals surface area contributed by atoms with E-state index in [1.54, 1.807) is 0 Å². The first-order valence-corrected chi connectivity index (χ1v) is 8.26. The lowest BCUT2D eigenvalue weighted by atomic mass is 10.1. The third-order valence-corrected chi connectivity index (χ3v) is 3.37. The molecule has 0 aromatic heterocycles. The Morgan fingerprint density at radius 3 is 2.04 bits per heavy atom. The standard InChI is InChI=1S/C18H22N2.C2H6N2/c1-4-15-10-6-8-12-17(15)19-14(3)20-18-13-9-7-11-16(18)5-2;1-2(3)4/h6-13H,4-5H2,1-3H3,(H,19,20);1H3,(H3,3,4). The summed E-state index contributed by atoms with van der Waals surface area (Å²) in [5, 5.41) is 9.69. The van der Waals surface area contributed by atoms with E-state index in [-0.39, 0.29) is 5.84 Å². The molecule has 0 atom stereocenters. The van der Waals surface area contributed by atoms with Gasteiger partial charge in [0.1, 0.15) is 5.84 Å². The van der Waals surface area contributed by atoms with Crippen molar-refractivity contribution in [1.29, 1.82) is 5.41 Å². The predicted molar refractivity (Wildman–Crippen MR) is 106 cm³/mol. The molecule has 0 radical (unpaired) electrons. The lowest BCUT2D eigenvalue weighted by Crippen LogP contribution is -2.08. The molecule has 0 heterocycles. The van der Waals surface area contributed by atoms with Crippen LogP contribution in [0.4, 0.5) is 11.4 Å². The molecule has 4 heteroatoms. The van der Waals surface area contributed by atoms with Gasteiger partial charge in [-0.1, -0.05) is 50.2 Å². The van der Waals surface area contributed by atoms with E-state index in [2.05, 4.69) is 61.6 Å². The fourth-order valence-corrected chi connectivity index (χ4v) is 2.27. The molecule has 0 amide bonds. The van der Waals surface area contributed by atoms with Crippen molar-refractivity contribution in [2.24, 2.45) is 10.7 Å². The summed E-state index contributed by atoms with van der Waals surface area (Å²) in [7, 11) is 0. The fourth-order valence-electron chi connectivity index (χ4n) is 2.27. The lowest BCUT2D eigenvalue weighted by molar-refractivity contribution is 1.13. The van der Waals surface area contributed by atoms with Gasteiger partial charge in [0.2, 0.25) is 0 Å². The highest BCUT2D eigenvalue weighted by Gasteiger charge is 2.02. The molecule has 2 aromatic carbocycles. The molecular weight excluding hydrogens is 296 g/mol. The highest BCUT2D eigenvalue weighted by atomic mass is 15.0. The number of hydrogen-bond donors (Lipinski definition) is 3. The maximum atomic E-state index is 6.28. The number of aryl methyl sites for hydroxylation is 2. The average molecular weight is 324 g/mol. The number of nitrogens with zero attached hydrogens (tertiary/aromatic N) is 1. The van der Waals surface area contributed by atoms with Crippen molar-refractivity contribution in [3.8, 4) is 0 Å². The third-order valence-electron chi connectivity index (χ3n) is 3.37. The molecule has 0 spiro atoms. The van der Waals surface area contributed by atoms with E-state index in [0.717, 1.165) is 30.1 Å². The summed E-state index contributed by atoms with van der Waals surface area (Å²) in [6, 6.07) is 16.7. The Balaban J connectivity index is 0.000000648. The molecule has 0 saturated heterocycles. The van der Waals surface area contributed by atoms with Crippen LogP contribution >= 0.6 is 0 Å². The zero-order valence-electron chi connectivity index (χ0n) is 15.1. The average Bonchev–Trinajstić information content (AvgIpc) is 2.55. The first-order chi connectivity index (χ1) is 11.5. The molecule has 2 rings (SSSR count). The third kappa shape index (κ3) is 6.65. The van der Waals surface area contributed by atoms with Crippen LogP contribution in [0.5, 0.6) is 0 Å². The molecule has 0 aliphatic heterocycles. The molecule has 0 bridgehead atoms. The monoisotopic (exact) mass is 324 g/mol. The highest BCUT2D eigenvalue weighted by molar-refractivity contribution is 5.96. The highest BCUT2D eigenvalue weighted by Crippen LogP contribution is 2.20. The van der Waals surface area contributed by atoms with Crippen LogP contribution in [0.3, 0.4) is 0 Å². The predicted octanol–water partition coefficient (Wildman–Crippen LogP) is 4.92. The molecule has 0 fully saturated rings. The summed E-state index contributed by atoms with van der Waals surface area (Å²) >= 11 is 0. The van der Waals surface area contributed by atoms with Crippen LogP contribution in [0, 0.1) is 5.41 Å². The first-order valence-electron chi connectivity index (χ1n) is 8.26. The van der Waals surface area contributed by atoms with Gasteiger partial charge in [-0.3, -0.25) is 5.41 Å². The topological polar surface area (TPSA) is 74.3 Å². The van der Waals surface area contributed by atoms with Crippen molar-refractivity contribution >= 4 is 23.0 Å². The number of anilines is 1. The Morgan fingerprint density at radius 1 is 0.958 bits per heavy atom. The van der Waals surface area contributed by atoms with Crippen LogP contribution in [-0.2, 0) is 12.8 Å². The Morgan fingerprint density at radius 2 is 1.46 bits per heavy atom. The minimum atomic E-state index is 0.167. The zero-order valence-corrected chi connectivity index (χ0v) is 15.1. The van der Waals surface area contributed by atoms with Gasteiger partial charge in [-0.25, -0.2) is 4.99 Å². The Hall–Kier alpha value is -2.62. The summed E-state index contributed by atoms with van der Waals surface area (Å²) in [6.07, 6.45) is 2.01. The van der Waals surface area contributed by atoms with E-state index in [9.17, 15) is 0 Å². The molecule has 4 N–H and O–H groups in total. The number of nitrogens with two attached hydrogens (primary N) is 1. The Labute approximate surface area is 145 Å². The maximum Gasteiger partial charge on any atom is 0.103 e. The van der Waals surface area contributed by atoms with Crippen molar-refractivity contribution in [2.75, 3.05) is 5.32 Å². The van der Waals surface area contributed by atoms with Gasteiger partial charge >= 0.3 is 0 Å². The second kappa shape index (κ2) is 10.2. The van der Waals surface area contributed by atoms with Crippen LogP contribution in [0.1, 0.15) is 38.8 Å². The molecule has 0 aliphatic rings. The van der Waals surface area contributed by atoms with Gasteiger partial charge in [0, 0.05) is 5.69 Å². The molecule has 128 valence electrons. The van der Waals surface area contributed by atoms with Gasteiger partial charge in [0.15, 0.2) is 0 Å². The maximum absolute atomic E-state index is 6.28. The zero-order chi connectivity index (χ0) is 17.9. The molecule has 0 aliphatic carbocycles. The number of nitrogens with one attached hydrogen (secondary N) is 2. The minimum Gasteiger partial charge on any atom is -0.388 e. The molecule has 2 aromatic rings. The van der Waals surface area contributed by atoms with Crippen molar-refractivity contribution in [3.63, 3.8) is 0 Å². The lowest BCUT2D eigenvalue weighted by Gasteiger charge is -2.11. The normalized spacial score (nSPS) is 10.6. The van der Waals surface area contributed by atoms with Crippen LogP contribution in [0.15, 0.2) is 53.5 Å². The summed E-state index contributed by atoms with van der Waals surface area (Å²) in [4.78, 5) is 4.71. The summed E-state index contributed by atoms with van der Waals surface area (Å²) in [6.45, 7) is 7.86. The minimum absolute atomic E-state index is 0.167. The van der Waals surface area contributed by atoms with E-state index >= 15 is 0 Å². The van der Waals surface area contributed by atoms with Gasteiger partial charge in [-0.15, -0.1) is 0 Å². The van der Waals surface area contributed by atoms with Crippen LogP contribution in [0.25, 0.3) is 0 Å².